The van der Waals surface area contributed by atoms with Gasteiger partial charge in [0.25, 0.3) is 0 Å². The normalized spacial score (nSPS) is 18.1. The third-order valence-corrected chi connectivity index (χ3v) is 3.17. The Labute approximate surface area is 102 Å². The predicted octanol–water partition coefficient (Wildman–Crippen LogP) is 2.11. The zero-order valence-corrected chi connectivity index (χ0v) is 10.7. The van der Waals surface area contributed by atoms with Crippen LogP contribution in [0.3, 0.4) is 0 Å². The van der Waals surface area contributed by atoms with Gasteiger partial charge in [-0.05, 0) is 26.0 Å². The lowest BCUT2D eigenvalue weighted by Gasteiger charge is -2.25. The van der Waals surface area contributed by atoms with E-state index in [2.05, 4.69) is 5.32 Å². The van der Waals surface area contributed by atoms with E-state index >= 15 is 0 Å². The fourth-order valence-corrected chi connectivity index (χ4v) is 2.03. The van der Waals surface area contributed by atoms with Gasteiger partial charge in [-0.25, -0.2) is 0 Å². The van der Waals surface area contributed by atoms with Crippen molar-refractivity contribution in [2.45, 2.75) is 13.8 Å². The highest BCUT2D eigenvalue weighted by Crippen LogP contribution is 2.35. The highest BCUT2D eigenvalue weighted by Gasteiger charge is 2.34. The molecule has 1 aliphatic rings. The molecule has 1 N–H and O–H groups in total. The number of nitrogens with one attached hydrogen (secondary N) is 1. The van der Waals surface area contributed by atoms with Gasteiger partial charge in [0.1, 0.15) is 5.75 Å². The summed E-state index contributed by atoms with van der Waals surface area (Å²) < 4.78 is 5.19. The molecule has 1 heterocycles. The highest BCUT2D eigenvalue weighted by molar-refractivity contribution is 6.01. The fraction of sp³-hybridized carbons (Fsp3) is 0.462. The molecule has 1 amide bonds. The number of carbonyl (C=O) groups excluding carboxylic acids is 1. The quantitative estimate of drug-likeness (QED) is 0.809. The summed E-state index contributed by atoms with van der Waals surface area (Å²) in [5.74, 6) is 0.908. The van der Waals surface area contributed by atoms with E-state index in [0.29, 0.717) is 6.54 Å². The number of ether oxygens (including phenoxy) is 1. The van der Waals surface area contributed by atoms with Crippen LogP contribution in [0.15, 0.2) is 18.2 Å². The van der Waals surface area contributed by atoms with Crippen molar-refractivity contribution in [2.75, 3.05) is 30.9 Å². The first kappa shape index (κ1) is 11.8. The van der Waals surface area contributed by atoms with Crippen molar-refractivity contribution in [3.63, 3.8) is 0 Å². The lowest BCUT2D eigenvalue weighted by Crippen LogP contribution is -2.40. The summed E-state index contributed by atoms with van der Waals surface area (Å²) in [4.78, 5) is 13.9. The minimum Gasteiger partial charge on any atom is -0.497 e. The van der Waals surface area contributed by atoms with Crippen molar-refractivity contribution < 1.29 is 9.53 Å². The summed E-state index contributed by atoms with van der Waals surface area (Å²) in [6, 6.07) is 5.68. The Bertz CT molecular complexity index is 455. The van der Waals surface area contributed by atoms with Gasteiger partial charge in [0.15, 0.2) is 0 Å². The van der Waals surface area contributed by atoms with Crippen molar-refractivity contribution in [3.05, 3.63) is 18.2 Å². The largest absolute Gasteiger partial charge is 0.497 e. The molecule has 0 saturated heterocycles. The van der Waals surface area contributed by atoms with Crippen LogP contribution in [0.5, 0.6) is 5.75 Å². The van der Waals surface area contributed by atoms with E-state index in [4.69, 9.17) is 4.74 Å². The molecule has 4 nitrogen and oxygen atoms in total. The maximum Gasteiger partial charge on any atom is 0.234 e. The topological polar surface area (TPSA) is 41.6 Å². The highest BCUT2D eigenvalue weighted by atomic mass is 16.5. The van der Waals surface area contributed by atoms with E-state index in [1.807, 2.05) is 39.1 Å². The summed E-state index contributed by atoms with van der Waals surface area (Å²) in [5.41, 5.74) is 1.42. The minimum atomic E-state index is -0.402. The molecule has 0 aromatic heterocycles. The number of benzene rings is 1. The fourth-order valence-electron chi connectivity index (χ4n) is 2.03. The molecule has 0 saturated carbocycles. The maximum atomic E-state index is 12.2. The first-order valence-corrected chi connectivity index (χ1v) is 5.66. The van der Waals surface area contributed by atoms with Gasteiger partial charge in [-0.2, -0.15) is 0 Å². The van der Waals surface area contributed by atoms with Crippen LogP contribution in [0.1, 0.15) is 13.8 Å². The van der Waals surface area contributed by atoms with Crippen molar-refractivity contribution in [1.82, 2.24) is 0 Å². The lowest BCUT2D eigenvalue weighted by atomic mass is 9.92. The van der Waals surface area contributed by atoms with Gasteiger partial charge in [-0.15, -0.1) is 0 Å². The molecule has 2 rings (SSSR count). The Morgan fingerprint density at radius 1 is 1.41 bits per heavy atom. The number of methoxy groups -OCH3 is 1. The molecule has 1 aromatic carbocycles. The van der Waals surface area contributed by atoms with Crippen LogP contribution in [-0.2, 0) is 4.79 Å². The van der Waals surface area contributed by atoms with Crippen molar-refractivity contribution >= 4 is 17.3 Å². The molecule has 4 heteroatoms. The summed E-state index contributed by atoms with van der Waals surface area (Å²) >= 11 is 0. The van der Waals surface area contributed by atoms with Gasteiger partial charge >= 0.3 is 0 Å². The molecule has 17 heavy (non-hydrogen) atoms. The van der Waals surface area contributed by atoms with E-state index < -0.39 is 5.41 Å². The maximum absolute atomic E-state index is 12.2. The minimum absolute atomic E-state index is 0.119. The van der Waals surface area contributed by atoms with Crippen LogP contribution in [-0.4, -0.2) is 26.6 Å². The van der Waals surface area contributed by atoms with Gasteiger partial charge in [-0.1, -0.05) is 0 Å². The molecule has 0 bridgehead atoms. The second kappa shape index (κ2) is 3.95. The molecule has 1 aromatic rings. The third kappa shape index (κ3) is 1.95. The molecule has 1 aliphatic heterocycles. The van der Waals surface area contributed by atoms with Crippen LogP contribution >= 0.6 is 0 Å². The van der Waals surface area contributed by atoms with E-state index in [-0.39, 0.29) is 5.91 Å². The summed E-state index contributed by atoms with van der Waals surface area (Å²) in [7, 11) is 3.44. The molecule has 0 fully saturated rings. The first-order chi connectivity index (χ1) is 7.95. The SMILES string of the molecule is COc1ccc2c(c1)NCC(C)(C)C(=O)N2C. The number of fused-ring (bicyclic) bond motifs is 1. The summed E-state index contributed by atoms with van der Waals surface area (Å²) in [6.45, 7) is 4.51. The standard InChI is InChI=1S/C13H18N2O2/c1-13(2)8-14-10-7-9(17-4)5-6-11(10)15(3)12(13)16/h5-7,14H,8H2,1-4H3. The summed E-state index contributed by atoms with van der Waals surface area (Å²) in [6.07, 6.45) is 0. The molecule has 0 radical (unpaired) electrons. The molecule has 92 valence electrons. The predicted molar refractivity (Wildman–Crippen MR) is 68.7 cm³/mol. The Balaban J connectivity index is 2.47. The van der Waals surface area contributed by atoms with Crippen LogP contribution in [0, 0.1) is 5.41 Å². The second-order valence-electron chi connectivity index (χ2n) is 4.98. The Hall–Kier alpha value is -1.71. The average Bonchev–Trinajstić information content (AvgIpc) is 2.41. The van der Waals surface area contributed by atoms with E-state index in [9.17, 15) is 4.79 Å². The molecule has 0 unspecified atom stereocenters. The van der Waals surface area contributed by atoms with Gasteiger partial charge in [0.05, 0.1) is 23.9 Å². The van der Waals surface area contributed by atoms with Crippen LogP contribution in [0.25, 0.3) is 0 Å². The summed E-state index contributed by atoms with van der Waals surface area (Å²) in [5, 5.41) is 3.31. The number of carbonyl (C=O) groups is 1. The van der Waals surface area contributed by atoms with E-state index in [1.54, 1.807) is 12.0 Å². The van der Waals surface area contributed by atoms with Crippen molar-refractivity contribution in [3.8, 4) is 5.75 Å². The van der Waals surface area contributed by atoms with Gasteiger partial charge < -0.3 is 15.0 Å². The Morgan fingerprint density at radius 2 is 2.12 bits per heavy atom. The number of rotatable bonds is 1. The van der Waals surface area contributed by atoms with Crippen molar-refractivity contribution in [2.24, 2.45) is 5.41 Å². The van der Waals surface area contributed by atoms with Gasteiger partial charge in [0, 0.05) is 19.7 Å². The lowest BCUT2D eigenvalue weighted by molar-refractivity contribution is -0.125. The average molecular weight is 234 g/mol. The van der Waals surface area contributed by atoms with Crippen LogP contribution in [0.2, 0.25) is 0 Å². The smallest absolute Gasteiger partial charge is 0.234 e. The number of hydrogen-bond acceptors (Lipinski definition) is 3. The number of amides is 1. The third-order valence-electron chi connectivity index (χ3n) is 3.17. The van der Waals surface area contributed by atoms with Gasteiger partial charge in [-0.3, -0.25) is 4.79 Å². The molecular formula is C13H18N2O2. The molecular weight excluding hydrogens is 216 g/mol. The molecule has 0 aliphatic carbocycles. The Morgan fingerprint density at radius 3 is 2.76 bits per heavy atom. The first-order valence-electron chi connectivity index (χ1n) is 5.66. The van der Waals surface area contributed by atoms with Crippen molar-refractivity contribution in [1.29, 1.82) is 0 Å². The molecule has 0 spiro atoms. The monoisotopic (exact) mass is 234 g/mol. The van der Waals surface area contributed by atoms with Gasteiger partial charge in [0.2, 0.25) is 5.91 Å². The van der Waals surface area contributed by atoms with Crippen LogP contribution < -0.4 is 15.0 Å². The molecule has 0 atom stereocenters. The zero-order chi connectivity index (χ0) is 12.6. The number of hydrogen-bond donors (Lipinski definition) is 1. The second-order valence-corrected chi connectivity index (χ2v) is 4.98. The number of nitrogens with zero attached hydrogens (tertiary/aromatic N) is 1. The Kier molecular flexibility index (Phi) is 2.73. The number of anilines is 2. The van der Waals surface area contributed by atoms with E-state index in [1.165, 1.54) is 0 Å². The van der Waals surface area contributed by atoms with Crippen LogP contribution in [0.4, 0.5) is 11.4 Å². The van der Waals surface area contributed by atoms with E-state index in [0.717, 1.165) is 17.1 Å². The zero-order valence-electron chi connectivity index (χ0n) is 10.7.